The molecule has 0 aromatic heterocycles. The Bertz CT molecular complexity index is 367. The van der Waals surface area contributed by atoms with Gasteiger partial charge in [0, 0.05) is 12.6 Å². The molecule has 108 valence electrons. The molecule has 19 heavy (non-hydrogen) atoms. The molecule has 0 aliphatic rings. The number of benzene rings is 1. The van der Waals surface area contributed by atoms with Gasteiger partial charge >= 0.3 is 0 Å². The lowest BCUT2D eigenvalue weighted by Crippen LogP contribution is -2.42. The van der Waals surface area contributed by atoms with E-state index < -0.39 is 0 Å². The van der Waals surface area contributed by atoms with Crippen LogP contribution >= 0.6 is 0 Å². The van der Waals surface area contributed by atoms with Crippen molar-refractivity contribution in [2.24, 2.45) is 5.73 Å². The Balaban J connectivity index is 3.04. The monoisotopic (exact) mass is 268 g/mol. The minimum atomic E-state index is -0.244. The zero-order valence-corrected chi connectivity index (χ0v) is 11.8. The predicted molar refractivity (Wildman–Crippen MR) is 76.4 cm³/mol. The third-order valence-electron chi connectivity index (χ3n) is 3.36. The second-order valence-electron chi connectivity index (χ2n) is 4.83. The summed E-state index contributed by atoms with van der Waals surface area (Å²) in [4.78, 5) is 2.14. The molecule has 0 heterocycles. The summed E-state index contributed by atoms with van der Waals surface area (Å²) in [5, 5.41) is 9.21. The van der Waals surface area contributed by atoms with E-state index in [1.54, 1.807) is 12.1 Å². The smallest absolute Gasteiger partial charge is 0.123 e. The number of hydrogen-bond donors (Lipinski definition) is 2. The van der Waals surface area contributed by atoms with Crippen molar-refractivity contribution in [3.05, 3.63) is 35.6 Å². The highest BCUT2D eigenvalue weighted by Crippen LogP contribution is 2.25. The van der Waals surface area contributed by atoms with Crippen LogP contribution in [-0.4, -0.2) is 35.7 Å². The molecular formula is C15H25FN2O. The Morgan fingerprint density at radius 3 is 2.58 bits per heavy atom. The molecule has 0 saturated carbocycles. The van der Waals surface area contributed by atoms with Gasteiger partial charge in [0.25, 0.3) is 0 Å². The van der Waals surface area contributed by atoms with Crippen LogP contribution in [0.25, 0.3) is 0 Å². The molecule has 0 aliphatic carbocycles. The first-order valence-corrected chi connectivity index (χ1v) is 7.00. The highest BCUT2D eigenvalue weighted by atomic mass is 19.1. The van der Waals surface area contributed by atoms with Gasteiger partial charge in [0.05, 0.1) is 12.6 Å². The topological polar surface area (TPSA) is 49.5 Å². The van der Waals surface area contributed by atoms with E-state index >= 15 is 0 Å². The molecule has 0 bridgehead atoms. The number of aliphatic hydroxyl groups is 1. The van der Waals surface area contributed by atoms with E-state index in [0.29, 0.717) is 6.54 Å². The number of rotatable bonds is 8. The Labute approximate surface area is 115 Å². The first-order chi connectivity index (χ1) is 9.13. The van der Waals surface area contributed by atoms with Crippen LogP contribution in [0.2, 0.25) is 0 Å². The molecule has 4 heteroatoms. The second-order valence-corrected chi connectivity index (χ2v) is 4.83. The van der Waals surface area contributed by atoms with Crippen molar-refractivity contribution in [2.45, 2.75) is 38.8 Å². The molecule has 0 amide bonds. The fourth-order valence-electron chi connectivity index (χ4n) is 2.45. The summed E-state index contributed by atoms with van der Waals surface area (Å²) in [6, 6.07) is 6.48. The molecule has 0 spiro atoms. The van der Waals surface area contributed by atoms with E-state index in [1.165, 1.54) is 6.07 Å². The van der Waals surface area contributed by atoms with Gasteiger partial charge in [-0.15, -0.1) is 0 Å². The summed E-state index contributed by atoms with van der Waals surface area (Å²) in [6.45, 7) is 5.60. The Kier molecular flexibility index (Phi) is 6.99. The van der Waals surface area contributed by atoms with E-state index in [1.807, 2.05) is 13.0 Å². The first-order valence-electron chi connectivity index (χ1n) is 7.00. The highest BCUT2D eigenvalue weighted by Gasteiger charge is 2.25. The van der Waals surface area contributed by atoms with Gasteiger partial charge in [0.1, 0.15) is 5.82 Å². The lowest BCUT2D eigenvalue weighted by atomic mass is 9.96. The average Bonchev–Trinajstić information content (AvgIpc) is 2.39. The maximum absolute atomic E-state index is 13.4. The maximum atomic E-state index is 13.4. The lowest BCUT2D eigenvalue weighted by molar-refractivity contribution is 0.132. The van der Waals surface area contributed by atoms with Crippen molar-refractivity contribution in [1.29, 1.82) is 0 Å². The predicted octanol–water partition coefficient (Wildman–Crippen LogP) is 2.31. The van der Waals surface area contributed by atoms with E-state index in [-0.39, 0.29) is 24.5 Å². The second kappa shape index (κ2) is 8.25. The summed E-state index contributed by atoms with van der Waals surface area (Å²) in [6.07, 6.45) is 1.79. The van der Waals surface area contributed by atoms with Crippen molar-refractivity contribution in [2.75, 3.05) is 19.7 Å². The molecule has 0 radical (unpaired) electrons. The molecule has 0 fully saturated rings. The summed E-state index contributed by atoms with van der Waals surface area (Å²) < 4.78 is 13.4. The van der Waals surface area contributed by atoms with Crippen molar-refractivity contribution >= 4 is 0 Å². The van der Waals surface area contributed by atoms with Gasteiger partial charge < -0.3 is 10.8 Å². The maximum Gasteiger partial charge on any atom is 0.123 e. The fourth-order valence-corrected chi connectivity index (χ4v) is 2.45. The van der Waals surface area contributed by atoms with E-state index in [4.69, 9.17) is 5.73 Å². The van der Waals surface area contributed by atoms with Crippen LogP contribution < -0.4 is 5.73 Å². The van der Waals surface area contributed by atoms with Gasteiger partial charge in [-0.1, -0.05) is 26.0 Å². The Morgan fingerprint density at radius 1 is 1.32 bits per heavy atom. The molecule has 3 N–H and O–H groups in total. The zero-order valence-electron chi connectivity index (χ0n) is 11.8. The molecular weight excluding hydrogens is 243 g/mol. The van der Waals surface area contributed by atoms with Crippen LogP contribution in [-0.2, 0) is 0 Å². The molecule has 1 aromatic carbocycles. The molecule has 1 rings (SSSR count). The molecule has 0 saturated heterocycles. The summed E-state index contributed by atoms with van der Waals surface area (Å²) in [5.41, 5.74) is 7.10. The third-order valence-corrected chi connectivity index (χ3v) is 3.36. The molecule has 2 atom stereocenters. The van der Waals surface area contributed by atoms with Gasteiger partial charge in [-0.25, -0.2) is 4.39 Å². The van der Waals surface area contributed by atoms with Crippen molar-refractivity contribution < 1.29 is 9.50 Å². The van der Waals surface area contributed by atoms with E-state index in [9.17, 15) is 9.50 Å². The molecule has 3 nitrogen and oxygen atoms in total. The fraction of sp³-hybridized carbons (Fsp3) is 0.600. The average molecular weight is 268 g/mol. The van der Waals surface area contributed by atoms with Crippen LogP contribution in [0.4, 0.5) is 4.39 Å². The summed E-state index contributed by atoms with van der Waals surface area (Å²) in [5.74, 6) is -0.244. The molecule has 0 aliphatic heterocycles. The molecule has 2 unspecified atom stereocenters. The zero-order chi connectivity index (χ0) is 14.3. The van der Waals surface area contributed by atoms with Crippen molar-refractivity contribution in [1.82, 2.24) is 4.90 Å². The SMILES string of the molecule is CCCN(CCO)C(c1cccc(F)c1)C(N)CC. The van der Waals surface area contributed by atoms with Crippen LogP contribution in [0.15, 0.2) is 24.3 Å². The van der Waals surface area contributed by atoms with Gasteiger partial charge in [-0.3, -0.25) is 4.90 Å². The number of aliphatic hydroxyl groups excluding tert-OH is 1. The standard InChI is InChI=1S/C15H25FN2O/c1-3-8-18(9-10-19)15(14(17)4-2)12-6-5-7-13(16)11-12/h5-7,11,14-15,19H,3-4,8-10,17H2,1-2H3. The normalized spacial score (nSPS) is 14.6. The van der Waals surface area contributed by atoms with Crippen LogP contribution in [0, 0.1) is 5.82 Å². The Hall–Kier alpha value is -0.970. The number of halogens is 1. The minimum Gasteiger partial charge on any atom is -0.395 e. The first kappa shape index (κ1) is 16.1. The third kappa shape index (κ3) is 4.56. The number of nitrogens with two attached hydrogens (primary N) is 1. The van der Waals surface area contributed by atoms with Crippen molar-refractivity contribution in [3.63, 3.8) is 0 Å². The lowest BCUT2D eigenvalue weighted by Gasteiger charge is -2.35. The highest BCUT2D eigenvalue weighted by molar-refractivity contribution is 5.22. The Morgan fingerprint density at radius 2 is 2.05 bits per heavy atom. The number of nitrogens with zero attached hydrogens (tertiary/aromatic N) is 1. The largest absolute Gasteiger partial charge is 0.395 e. The van der Waals surface area contributed by atoms with E-state index in [0.717, 1.165) is 24.9 Å². The van der Waals surface area contributed by atoms with Crippen LogP contribution in [0.5, 0.6) is 0 Å². The van der Waals surface area contributed by atoms with Crippen LogP contribution in [0.3, 0.4) is 0 Å². The molecule has 1 aromatic rings. The van der Waals surface area contributed by atoms with Gasteiger partial charge in [0.15, 0.2) is 0 Å². The van der Waals surface area contributed by atoms with Crippen LogP contribution in [0.1, 0.15) is 38.3 Å². The van der Waals surface area contributed by atoms with E-state index in [2.05, 4.69) is 11.8 Å². The minimum absolute atomic E-state index is 0.0483. The summed E-state index contributed by atoms with van der Waals surface area (Å²) in [7, 11) is 0. The van der Waals surface area contributed by atoms with Gasteiger partial charge in [-0.05, 0) is 37.1 Å². The quantitative estimate of drug-likeness (QED) is 0.760. The van der Waals surface area contributed by atoms with Gasteiger partial charge in [-0.2, -0.15) is 0 Å². The summed E-state index contributed by atoms with van der Waals surface area (Å²) >= 11 is 0. The van der Waals surface area contributed by atoms with Crippen molar-refractivity contribution in [3.8, 4) is 0 Å². The number of hydrogen-bond acceptors (Lipinski definition) is 3. The van der Waals surface area contributed by atoms with Gasteiger partial charge in [0.2, 0.25) is 0 Å².